The summed E-state index contributed by atoms with van der Waals surface area (Å²) in [6, 6.07) is 12.2. The SMILES string of the molecule is CN=C(NCC(=O)Nc1cccnc1)NC(C)c1cccc(N2CCCC2)c1. The van der Waals surface area contributed by atoms with Crippen LogP contribution in [0.2, 0.25) is 0 Å². The van der Waals surface area contributed by atoms with Crippen LogP contribution in [-0.2, 0) is 4.79 Å². The summed E-state index contributed by atoms with van der Waals surface area (Å²) >= 11 is 0. The number of hydrogen-bond donors (Lipinski definition) is 3. The first kappa shape index (κ1) is 19.7. The summed E-state index contributed by atoms with van der Waals surface area (Å²) in [5.41, 5.74) is 3.12. The Balaban J connectivity index is 1.52. The van der Waals surface area contributed by atoms with Crippen molar-refractivity contribution in [2.45, 2.75) is 25.8 Å². The third kappa shape index (κ3) is 5.45. The number of aromatic nitrogens is 1. The molecule has 3 N–H and O–H groups in total. The molecule has 28 heavy (non-hydrogen) atoms. The van der Waals surface area contributed by atoms with Crippen molar-refractivity contribution >= 4 is 23.2 Å². The summed E-state index contributed by atoms with van der Waals surface area (Å²) in [7, 11) is 1.70. The molecule has 3 rings (SSSR count). The summed E-state index contributed by atoms with van der Waals surface area (Å²) in [6.07, 6.45) is 5.80. The molecule has 0 spiro atoms. The van der Waals surface area contributed by atoms with E-state index in [2.05, 4.69) is 62.0 Å². The van der Waals surface area contributed by atoms with Gasteiger partial charge in [-0.3, -0.25) is 14.8 Å². The monoisotopic (exact) mass is 380 g/mol. The number of nitrogens with one attached hydrogen (secondary N) is 3. The van der Waals surface area contributed by atoms with Crippen LogP contribution in [-0.4, -0.2) is 43.5 Å². The summed E-state index contributed by atoms with van der Waals surface area (Å²) in [5.74, 6) is 0.431. The molecule has 1 fully saturated rings. The maximum absolute atomic E-state index is 12.1. The summed E-state index contributed by atoms with van der Waals surface area (Å²) in [5, 5.41) is 9.20. The molecule has 1 aliphatic rings. The van der Waals surface area contributed by atoms with E-state index in [9.17, 15) is 4.79 Å². The first-order chi connectivity index (χ1) is 13.7. The molecule has 1 saturated heterocycles. The van der Waals surface area contributed by atoms with Crippen LogP contribution in [0.3, 0.4) is 0 Å². The zero-order valence-corrected chi connectivity index (χ0v) is 16.5. The highest BCUT2D eigenvalue weighted by atomic mass is 16.1. The first-order valence-electron chi connectivity index (χ1n) is 9.67. The van der Waals surface area contributed by atoms with E-state index in [1.807, 2.05) is 0 Å². The fourth-order valence-corrected chi connectivity index (χ4v) is 3.26. The lowest BCUT2D eigenvalue weighted by Gasteiger charge is -2.22. The van der Waals surface area contributed by atoms with E-state index in [4.69, 9.17) is 0 Å². The van der Waals surface area contributed by atoms with Crippen LogP contribution in [0, 0.1) is 0 Å². The predicted octanol–water partition coefficient (Wildman–Crippen LogP) is 2.55. The highest BCUT2D eigenvalue weighted by Gasteiger charge is 2.14. The van der Waals surface area contributed by atoms with Gasteiger partial charge in [0.05, 0.1) is 24.5 Å². The van der Waals surface area contributed by atoms with Gasteiger partial charge in [-0.15, -0.1) is 0 Å². The van der Waals surface area contributed by atoms with E-state index in [1.54, 1.807) is 31.6 Å². The smallest absolute Gasteiger partial charge is 0.243 e. The molecule has 1 unspecified atom stereocenters. The Kier molecular flexibility index (Phi) is 6.84. The molecule has 1 atom stereocenters. The molecular formula is C21H28N6O. The minimum atomic E-state index is -0.153. The lowest BCUT2D eigenvalue weighted by atomic mass is 10.1. The van der Waals surface area contributed by atoms with Gasteiger partial charge in [0.15, 0.2) is 5.96 Å². The molecule has 0 bridgehead atoms. The van der Waals surface area contributed by atoms with Crippen molar-refractivity contribution in [1.29, 1.82) is 0 Å². The maximum atomic E-state index is 12.1. The highest BCUT2D eigenvalue weighted by molar-refractivity contribution is 5.94. The van der Waals surface area contributed by atoms with Crippen LogP contribution in [0.15, 0.2) is 53.8 Å². The van der Waals surface area contributed by atoms with Crippen LogP contribution in [0.4, 0.5) is 11.4 Å². The van der Waals surface area contributed by atoms with Gasteiger partial charge in [-0.05, 0) is 49.6 Å². The van der Waals surface area contributed by atoms with Crippen molar-refractivity contribution in [3.63, 3.8) is 0 Å². The third-order valence-electron chi connectivity index (χ3n) is 4.78. The fourth-order valence-electron chi connectivity index (χ4n) is 3.26. The second kappa shape index (κ2) is 9.73. The van der Waals surface area contributed by atoms with Gasteiger partial charge in [0.2, 0.25) is 5.91 Å². The van der Waals surface area contributed by atoms with Gasteiger partial charge in [0, 0.05) is 32.0 Å². The Labute approximate surface area is 166 Å². The Morgan fingerprint density at radius 2 is 2.07 bits per heavy atom. The zero-order chi connectivity index (χ0) is 19.8. The van der Waals surface area contributed by atoms with E-state index in [1.165, 1.54) is 24.1 Å². The lowest BCUT2D eigenvalue weighted by molar-refractivity contribution is -0.115. The number of aliphatic imine (C=N–C) groups is 1. The Morgan fingerprint density at radius 3 is 2.79 bits per heavy atom. The Hall–Kier alpha value is -3.09. The molecule has 7 heteroatoms. The van der Waals surface area contributed by atoms with Gasteiger partial charge in [0.25, 0.3) is 0 Å². The van der Waals surface area contributed by atoms with E-state index in [-0.39, 0.29) is 18.5 Å². The average Bonchev–Trinajstić information content (AvgIpc) is 3.27. The summed E-state index contributed by atoms with van der Waals surface area (Å²) < 4.78 is 0. The molecule has 148 valence electrons. The molecule has 1 aromatic heterocycles. The first-order valence-corrected chi connectivity index (χ1v) is 9.67. The van der Waals surface area contributed by atoms with Crippen LogP contribution in [0.1, 0.15) is 31.4 Å². The van der Waals surface area contributed by atoms with Gasteiger partial charge in [-0.25, -0.2) is 0 Å². The van der Waals surface area contributed by atoms with Gasteiger partial charge in [-0.1, -0.05) is 12.1 Å². The van der Waals surface area contributed by atoms with Gasteiger partial charge < -0.3 is 20.9 Å². The van der Waals surface area contributed by atoms with Gasteiger partial charge in [-0.2, -0.15) is 0 Å². The van der Waals surface area contributed by atoms with Crippen molar-refractivity contribution in [3.8, 4) is 0 Å². The molecule has 0 aliphatic carbocycles. The van der Waals surface area contributed by atoms with E-state index < -0.39 is 0 Å². The number of nitrogens with zero attached hydrogens (tertiary/aromatic N) is 3. The van der Waals surface area contributed by atoms with Crippen molar-refractivity contribution in [3.05, 3.63) is 54.4 Å². The van der Waals surface area contributed by atoms with Gasteiger partial charge in [0.1, 0.15) is 0 Å². The quantitative estimate of drug-likeness (QED) is 0.530. The number of anilines is 2. The number of amides is 1. The van der Waals surface area contributed by atoms with Crippen molar-refractivity contribution in [2.75, 3.05) is 36.9 Å². The van der Waals surface area contributed by atoms with Crippen LogP contribution in [0.5, 0.6) is 0 Å². The van der Waals surface area contributed by atoms with E-state index in [0.29, 0.717) is 11.6 Å². The normalized spacial score (nSPS) is 15.2. The third-order valence-corrected chi connectivity index (χ3v) is 4.78. The maximum Gasteiger partial charge on any atom is 0.243 e. The number of carbonyl (C=O) groups is 1. The Bertz CT molecular complexity index is 802. The van der Waals surface area contributed by atoms with Crippen LogP contribution >= 0.6 is 0 Å². The highest BCUT2D eigenvalue weighted by Crippen LogP contribution is 2.23. The molecule has 0 saturated carbocycles. The summed E-state index contributed by atoms with van der Waals surface area (Å²) in [4.78, 5) is 22.7. The molecule has 1 amide bonds. The predicted molar refractivity (Wildman–Crippen MR) is 114 cm³/mol. The molecule has 1 aromatic carbocycles. The number of hydrogen-bond acceptors (Lipinski definition) is 4. The van der Waals surface area contributed by atoms with Crippen molar-refractivity contribution in [2.24, 2.45) is 4.99 Å². The van der Waals surface area contributed by atoms with Crippen LogP contribution < -0.4 is 20.9 Å². The topological polar surface area (TPSA) is 81.6 Å². The number of carbonyl (C=O) groups excluding carboxylic acids is 1. The molecule has 7 nitrogen and oxygen atoms in total. The fraction of sp³-hybridized carbons (Fsp3) is 0.381. The second-order valence-corrected chi connectivity index (χ2v) is 6.87. The van der Waals surface area contributed by atoms with E-state index >= 15 is 0 Å². The molecule has 2 aromatic rings. The molecular weight excluding hydrogens is 352 g/mol. The minimum Gasteiger partial charge on any atom is -0.372 e. The lowest BCUT2D eigenvalue weighted by Crippen LogP contribution is -2.42. The number of guanidine groups is 1. The number of pyridine rings is 1. The van der Waals surface area contributed by atoms with Crippen molar-refractivity contribution in [1.82, 2.24) is 15.6 Å². The minimum absolute atomic E-state index is 0.0649. The van der Waals surface area contributed by atoms with Crippen molar-refractivity contribution < 1.29 is 4.79 Å². The van der Waals surface area contributed by atoms with Crippen LogP contribution in [0.25, 0.3) is 0 Å². The molecule has 0 radical (unpaired) electrons. The molecule has 2 heterocycles. The number of benzene rings is 1. The average molecular weight is 380 g/mol. The standard InChI is InChI=1S/C21H28N6O/c1-16(17-7-5-9-19(13-17)27-11-3-4-12-27)25-21(22-2)24-15-20(28)26-18-8-6-10-23-14-18/h5-10,13-14,16H,3-4,11-12,15H2,1-2H3,(H,26,28)(H2,22,24,25). The van der Waals surface area contributed by atoms with Gasteiger partial charge >= 0.3 is 0 Å². The largest absolute Gasteiger partial charge is 0.372 e. The molecule has 1 aliphatic heterocycles. The zero-order valence-electron chi connectivity index (χ0n) is 16.5. The Morgan fingerprint density at radius 1 is 1.25 bits per heavy atom. The second-order valence-electron chi connectivity index (χ2n) is 6.87. The summed E-state index contributed by atoms with van der Waals surface area (Å²) in [6.45, 7) is 4.46. The van der Waals surface area contributed by atoms with E-state index in [0.717, 1.165) is 13.1 Å². The number of rotatable bonds is 6.